The van der Waals surface area contributed by atoms with Crippen LogP contribution in [0.5, 0.6) is 0 Å². The van der Waals surface area contributed by atoms with Crippen LogP contribution in [0.3, 0.4) is 0 Å². The third-order valence-corrected chi connectivity index (χ3v) is 6.89. The topological polar surface area (TPSA) is 57.2 Å². The molecule has 0 amide bonds. The Balaban J connectivity index is 0.000000247. The lowest BCUT2D eigenvalue weighted by atomic mass is 10.4. The third-order valence-electron chi connectivity index (χ3n) is 3.85. The van der Waals surface area contributed by atoms with E-state index in [1.807, 2.05) is 0 Å². The summed E-state index contributed by atoms with van der Waals surface area (Å²) < 4.78 is 97.5. The van der Waals surface area contributed by atoms with E-state index in [4.69, 9.17) is 0 Å². The molecule has 172 valence electrons. The van der Waals surface area contributed by atoms with Crippen LogP contribution in [-0.4, -0.2) is 30.6 Å². The Morgan fingerprint density at radius 3 is 1.12 bits per heavy atom. The van der Waals surface area contributed by atoms with E-state index in [1.165, 1.54) is 14.7 Å². The molecule has 32 heavy (non-hydrogen) atoms. The van der Waals surface area contributed by atoms with E-state index in [9.17, 15) is 39.3 Å². The van der Waals surface area contributed by atoms with Crippen molar-refractivity contribution in [2.24, 2.45) is 0 Å². The summed E-state index contributed by atoms with van der Waals surface area (Å²) in [6.45, 7) is 0. The molecule has 0 fully saturated rings. The van der Waals surface area contributed by atoms with Crippen LogP contribution in [0, 0.1) is 0 Å². The molecular weight excluding hydrogens is 478 g/mol. The Hall–Kier alpha value is -2.50. The van der Waals surface area contributed by atoms with Gasteiger partial charge in [-0.05, 0) is 36.4 Å². The summed E-state index contributed by atoms with van der Waals surface area (Å²) >= 11 is 0. The van der Waals surface area contributed by atoms with Crippen molar-refractivity contribution in [3.8, 4) is 0 Å². The van der Waals surface area contributed by atoms with Crippen LogP contribution < -0.4 is 0 Å². The highest BCUT2D eigenvalue weighted by Gasteiger charge is 2.65. The molecule has 11 heteroatoms. The number of benzene rings is 3. The number of hydrogen-bond acceptors (Lipinski definition) is 3. The van der Waals surface area contributed by atoms with E-state index < -0.39 is 27.7 Å². The molecule has 0 saturated heterocycles. The Labute approximate surface area is 183 Å². The van der Waals surface area contributed by atoms with E-state index >= 15 is 0 Å². The number of alkyl halides is 6. The molecule has 3 nitrogen and oxygen atoms in total. The van der Waals surface area contributed by atoms with E-state index in [1.54, 1.807) is 0 Å². The first-order valence-corrected chi connectivity index (χ1v) is 11.5. The first kappa shape index (κ1) is 25.8. The minimum Gasteiger partial charge on any atom is -0.746 e. The van der Waals surface area contributed by atoms with Gasteiger partial charge in [0.05, 0.1) is 10.9 Å². The lowest BCUT2D eigenvalue weighted by Gasteiger charge is -2.24. The molecule has 0 aliphatic carbocycles. The minimum atomic E-state index is -6.41. The second-order valence-corrected chi connectivity index (χ2v) is 9.60. The van der Waals surface area contributed by atoms with Crippen molar-refractivity contribution in [2.45, 2.75) is 32.3 Å². The molecule has 3 aromatic carbocycles. The van der Waals surface area contributed by atoms with Crippen LogP contribution >= 0.6 is 0 Å². The first-order chi connectivity index (χ1) is 14.9. The molecule has 0 heterocycles. The Morgan fingerprint density at radius 1 is 0.656 bits per heavy atom. The van der Waals surface area contributed by atoms with Gasteiger partial charge in [0.2, 0.25) is 0 Å². The first-order valence-electron chi connectivity index (χ1n) is 8.78. The maximum atomic E-state index is 11.8. The van der Waals surface area contributed by atoms with Gasteiger partial charge in [-0.3, -0.25) is 0 Å². The number of rotatable bonds is 5. The van der Waals surface area contributed by atoms with Crippen LogP contribution in [0.25, 0.3) is 0 Å². The fourth-order valence-corrected chi connectivity index (χ4v) is 4.99. The monoisotopic (exact) mass is 494 g/mol. The van der Waals surface area contributed by atoms with Gasteiger partial charge in [0, 0.05) is 0 Å². The molecule has 0 aliphatic heterocycles. The van der Waals surface area contributed by atoms with Crippen LogP contribution in [-0.2, 0) is 21.0 Å². The van der Waals surface area contributed by atoms with E-state index in [-0.39, 0.29) is 10.9 Å². The van der Waals surface area contributed by atoms with Gasteiger partial charge in [-0.2, -0.15) is 22.0 Å². The smallest absolute Gasteiger partial charge is 0.457 e. The minimum absolute atomic E-state index is 0.0146. The highest BCUT2D eigenvalue weighted by atomic mass is 32.2. The second-order valence-electron chi connectivity index (χ2n) is 6.17. The van der Waals surface area contributed by atoms with Crippen LogP contribution in [0.15, 0.2) is 106 Å². The molecule has 0 aromatic heterocycles. The molecule has 3 rings (SSSR count). The van der Waals surface area contributed by atoms with Gasteiger partial charge in [-0.1, -0.05) is 54.6 Å². The highest BCUT2D eigenvalue weighted by molar-refractivity contribution is 7.97. The molecule has 1 unspecified atom stereocenters. The fraction of sp³-hybridized carbons (Fsp3) is 0.143. The SMILES string of the molecule is O=S(=O)([O-])C(F)C(F)(F)C(F)(F)F.c1ccc([S+](c2ccccc2)c2ccccc2)cc1. The van der Waals surface area contributed by atoms with Gasteiger partial charge in [-0.25, -0.2) is 12.8 Å². The maximum absolute atomic E-state index is 11.8. The van der Waals surface area contributed by atoms with E-state index in [0.717, 1.165) is 0 Å². The summed E-state index contributed by atoms with van der Waals surface area (Å²) in [4.78, 5) is 4.08. The zero-order valence-corrected chi connectivity index (χ0v) is 17.7. The zero-order valence-electron chi connectivity index (χ0n) is 16.0. The molecule has 0 saturated carbocycles. The average Bonchev–Trinajstić information content (AvgIpc) is 2.75. The summed E-state index contributed by atoms with van der Waals surface area (Å²) in [6.07, 6.45) is -6.41. The molecular formula is C21H16F6O3S2. The Kier molecular flexibility index (Phi) is 8.38. The van der Waals surface area contributed by atoms with Gasteiger partial charge in [0.15, 0.2) is 14.7 Å². The van der Waals surface area contributed by atoms with Crippen molar-refractivity contribution < 1.29 is 39.3 Å². The predicted octanol–water partition coefficient (Wildman–Crippen LogP) is 5.81. The molecule has 0 N–H and O–H groups in total. The van der Waals surface area contributed by atoms with Crippen LogP contribution in [0.1, 0.15) is 0 Å². The fourth-order valence-electron chi connectivity index (χ4n) is 2.39. The summed E-state index contributed by atoms with van der Waals surface area (Å²) in [5, 5.41) is 0. The third kappa shape index (κ3) is 6.50. The summed E-state index contributed by atoms with van der Waals surface area (Å²) in [6, 6.07) is 32.2. The van der Waals surface area contributed by atoms with Crippen molar-refractivity contribution >= 4 is 21.0 Å². The van der Waals surface area contributed by atoms with Crippen LogP contribution in [0.2, 0.25) is 0 Å². The maximum Gasteiger partial charge on any atom is 0.457 e. The van der Waals surface area contributed by atoms with Gasteiger partial charge in [0.25, 0.3) is 5.50 Å². The van der Waals surface area contributed by atoms with Crippen molar-refractivity contribution in [3.05, 3.63) is 91.0 Å². The average molecular weight is 494 g/mol. The van der Waals surface area contributed by atoms with Crippen molar-refractivity contribution in [1.82, 2.24) is 0 Å². The predicted molar refractivity (Wildman–Crippen MR) is 107 cm³/mol. The lowest BCUT2D eigenvalue weighted by Crippen LogP contribution is -2.48. The molecule has 0 radical (unpaired) electrons. The van der Waals surface area contributed by atoms with Crippen molar-refractivity contribution in [2.75, 3.05) is 0 Å². The number of halogens is 6. The van der Waals surface area contributed by atoms with E-state index in [2.05, 4.69) is 91.0 Å². The van der Waals surface area contributed by atoms with Gasteiger partial charge in [-0.15, -0.1) is 0 Å². The van der Waals surface area contributed by atoms with E-state index in [0.29, 0.717) is 0 Å². The largest absolute Gasteiger partial charge is 0.746 e. The number of hydrogen-bond donors (Lipinski definition) is 0. The van der Waals surface area contributed by atoms with Crippen LogP contribution in [0.4, 0.5) is 26.3 Å². The molecule has 0 bridgehead atoms. The van der Waals surface area contributed by atoms with Crippen molar-refractivity contribution in [3.63, 3.8) is 0 Å². The summed E-state index contributed by atoms with van der Waals surface area (Å²) in [5.74, 6) is -6.19. The highest BCUT2D eigenvalue weighted by Crippen LogP contribution is 2.40. The van der Waals surface area contributed by atoms with Crippen molar-refractivity contribution in [1.29, 1.82) is 0 Å². The molecule has 0 spiro atoms. The summed E-state index contributed by atoms with van der Waals surface area (Å²) in [7, 11) is -6.34. The molecule has 1 atom stereocenters. The standard InChI is InChI=1S/C18H15S.C3H2F6O3S/c1-4-10-16(11-5-1)19(17-12-6-2-7-13-17)18-14-8-3-9-15-18;4-1(13(10,11)12)2(5,6)3(7,8)9/h1-15H;1H,(H,10,11,12)/q+1;/p-1. The lowest BCUT2D eigenvalue weighted by molar-refractivity contribution is -0.293. The molecule has 3 aromatic rings. The quantitative estimate of drug-likeness (QED) is 0.256. The Morgan fingerprint density at radius 2 is 0.938 bits per heavy atom. The Bertz CT molecular complexity index is 983. The second kappa shape index (κ2) is 10.4. The normalized spacial score (nSPS) is 13.2. The zero-order chi connectivity index (χ0) is 24.0. The summed E-state index contributed by atoms with van der Waals surface area (Å²) in [5.41, 5.74) is -4.82. The molecule has 0 aliphatic rings. The van der Waals surface area contributed by atoms with Gasteiger partial charge in [0.1, 0.15) is 10.1 Å². The van der Waals surface area contributed by atoms with Gasteiger partial charge >= 0.3 is 12.1 Å². The van der Waals surface area contributed by atoms with Gasteiger partial charge < -0.3 is 4.55 Å².